The molecule has 3 heteroatoms. The third kappa shape index (κ3) is 1.88. The molecule has 0 atom stereocenters. The SMILES string of the molecule is CC(=O)C=Cc1nc2ccccc2s1. The van der Waals surface area contributed by atoms with E-state index in [1.54, 1.807) is 17.4 Å². The molecule has 1 heterocycles. The first-order chi connectivity index (χ1) is 6.75. The first kappa shape index (κ1) is 9.09. The molecule has 0 aliphatic rings. The number of hydrogen-bond donors (Lipinski definition) is 0. The van der Waals surface area contributed by atoms with Crippen LogP contribution in [-0.2, 0) is 4.79 Å². The molecule has 0 radical (unpaired) electrons. The van der Waals surface area contributed by atoms with Gasteiger partial charge < -0.3 is 0 Å². The van der Waals surface area contributed by atoms with Crippen LogP contribution >= 0.6 is 11.3 Å². The van der Waals surface area contributed by atoms with Crippen LogP contribution in [0.25, 0.3) is 16.3 Å². The van der Waals surface area contributed by atoms with E-state index in [1.807, 2.05) is 24.3 Å². The summed E-state index contributed by atoms with van der Waals surface area (Å²) in [6, 6.07) is 7.94. The van der Waals surface area contributed by atoms with E-state index in [0.717, 1.165) is 15.2 Å². The van der Waals surface area contributed by atoms with Gasteiger partial charge in [0.15, 0.2) is 5.78 Å². The summed E-state index contributed by atoms with van der Waals surface area (Å²) >= 11 is 1.59. The van der Waals surface area contributed by atoms with Crippen LogP contribution < -0.4 is 0 Å². The highest BCUT2D eigenvalue weighted by Gasteiger charge is 1.98. The van der Waals surface area contributed by atoms with Gasteiger partial charge in [-0.05, 0) is 31.2 Å². The van der Waals surface area contributed by atoms with Crippen LogP contribution in [0.5, 0.6) is 0 Å². The molecule has 2 nitrogen and oxygen atoms in total. The summed E-state index contributed by atoms with van der Waals surface area (Å²) in [5, 5.41) is 0.876. The van der Waals surface area contributed by atoms with E-state index in [9.17, 15) is 4.79 Å². The lowest BCUT2D eigenvalue weighted by Gasteiger charge is -1.80. The van der Waals surface area contributed by atoms with Crippen molar-refractivity contribution < 1.29 is 4.79 Å². The number of carbonyl (C=O) groups is 1. The summed E-state index contributed by atoms with van der Waals surface area (Å²) in [5.74, 6) is 0.0456. The van der Waals surface area contributed by atoms with Crippen LogP contribution in [-0.4, -0.2) is 10.8 Å². The molecule has 0 saturated heterocycles. The standard InChI is InChI=1S/C11H9NOS/c1-8(13)6-7-11-12-9-4-2-3-5-10(9)14-11/h2-7H,1H3. The van der Waals surface area contributed by atoms with Crippen molar-refractivity contribution in [2.45, 2.75) is 6.92 Å². The van der Waals surface area contributed by atoms with E-state index < -0.39 is 0 Å². The number of aromatic nitrogens is 1. The van der Waals surface area contributed by atoms with Crippen molar-refractivity contribution in [2.24, 2.45) is 0 Å². The Morgan fingerprint density at radius 1 is 1.43 bits per heavy atom. The zero-order chi connectivity index (χ0) is 9.97. The Morgan fingerprint density at radius 3 is 2.93 bits per heavy atom. The Labute approximate surface area is 85.9 Å². The fourth-order valence-corrected chi connectivity index (χ4v) is 2.02. The highest BCUT2D eigenvalue weighted by Crippen LogP contribution is 2.22. The molecule has 0 amide bonds. The first-order valence-corrected chi connectivity index (χ1v) is 5.11. The molecule has 1 aromatic heterocycles. The van der Waals surface area contributed by atoms with E-state index in [-0.39, 0.29) is 5.78 Å². The number of thiazole rings is 1. The first-order valence-electron chi connectivity index (χ1n) is 4.30. The number of para-hydroxylation sites is 1. The van der Waals surface area contributed by atoms with Crippen molar-refractivity contribution in [3.05, 3.63) is 35.3 Å². The average molecular weight is 203 g/mol. The Hall–Kier alpha value is -1.48. The summed E-state index contributed by atoms with van der Waals surface area (Å²) in [5.41, 5.74) is 0.987. The Bertz CT molecular complexity index is 466. The van der Waals surface area contributed by atoms with Crippen LogP contribution in [0.1, 0.15) is 11.9 Å². The van der Waals surface area contributed by atoms with Crippen molar-refractivity contribution >= 4 is 33.4 Å². The maximum Gasteiger partial charge on any atom is 0.152 e. The molecule has 2 rings (SSSR count). The van der Waals surface area contributed by atoms with Gasteiger partial charge in [0.25, 0.3) is 0 Å². The molecule has 1 aromatic carbocycles. The summed E-state index contributed by atoms with van der Waals surface area (Å²) in [6.45, 7) is 1.53. The normalized spacial score (nSPS) is 11.2. The lowest BCUT2D eigenvalue weighted by molar-refractivity contribution is -0.112. The smallest absolute Gasteiger partial charge is 0.152 e. The Morgan fingerprint density at radius 2 is 2.21 bits per heavy atom. The number of benzene rings is 1. The number of carbonyl (C=O) groups excluding carboxylic acids is 1. The molecule has 0 aliphatic carbocycles. The van der Waals surface area contributed by atoms with E-state index in [2.05, 4.69) is 4.98 Å². The molecule has 70 valence electrons. The lowest BCUT2D eigenvalue weighted by Crippen LogP contribution is -1.78. The van der Waals surface area contributed by atoms with Crippen molar-refractivity contribution in [1.29, 1.82) is 0 Å². The minimum absolute atomic E-state index is 0.0456. The van der Waals surface area contributed by atoms with Gasteiger partial charge >= 0.3 is 0 Å². The zero-order valence-corrected chi connectivity index (χ0v) is 8.54. The Kier molecular flexibility index (Phi) is 2.41. The molecule has 0 unspecified atom stereocenters. The van der Waals surface area contributed by atoms with Crippen molar-refractivity contribution in [1.82, 2.24) is 4.98 Å². The highest BCUT2D eigenvalue weighted by atomic mass is 32.1. The minimum Gasteiger partial charge on any atom is -0.295 e. The number of hydrogen-bond acceptors (Lipinski definition) is 3. The van der Waals surface area contributed by atoms with Gasteiger partial charge in [-0.25, -0.2) is 4.98 Å². The van der Waals surface area contributed by atoms with Crippen LogP contribution in [0.15, 0.2) is 30.3 Å². The predicted octanol–water partition coefficient (Wildman–Crippen LogP) is 2.90. The molecule has 0 aliphatic heterocycles. The van der Waals surface area contributed by atoms with Crippen molar-refractivity contribution in [3.8, 4) is 0 Å². The molecule has 0 N–H and O–H groups in total. The third-order valence-electron chi connectivity index (χ3n) is 1.77. The van der Waals surface area contributed by atoms with Crippen LogP contribution in [0.4, 0.5) is 0 Å². The maximum absolute atomic E-state index is 10.7. The predicted molar refractivity (Wildman–Crippen MR) is 59.3 cm³/mol. The van der Waals surface area contributed by atoms with Crippen molar-refractivity contribution in [3.63, 3.8) is 0 Å². The van der Waals surface area contributed by atoms with E-state index in [4.69, 9.17) is 0 Å². The van der Waals surface area contributed by atoms with E-state index >= 15 is 0 Å². The van der Waals surface area contributed by atoms with Gasteiger partial charge in [-0.1, -0.05) is 12.1 Å². The fourth-order valence-electron chi connectivity index (χ4n) is 1.15. The number of allylic oxidation sites excluding steroid dienone is 1. The summed E-state index contributed by atoms with van der Waals surface area (Å²) in [7, 11) is 0. The monoisotopic (exact) mass is 203 g/mol. The van der Waals surface area contributed by atoms with Crippen LogP contribution in [0.3, 0.4) is 0 Å². The van der Waals surface area contributed by atoms with Crippen molar-refractivity contribution in [2.75, 3.05) is 0 Å². The highest BCUT2D eigenvalue weighted by molar-refractivity contribution is 7.19. The number of rotatable bonds is 2. The van der Waals surface area contributed by atoms with Crippen LogP contribution in [0.2, 0.25) is 0 Å². The summed E-state index contributed by atoms with van der Waals surface area (Å²) < 4.78 is 1.15. The molecule has 2 aromatic rings. The van der Waals surface area contributed by atoms with Gasteiger partial charge in [0.05, 0.1) is 10.2 Å². The number of ketones is 1. The lowest BCUT2D eigenvalue weighted by atomic mass is 10.3. The second-order valence-corrected chi connectivity index (χ2v) is 4.03. The van der Waals surface area contributed by atoms with Gasteiger partial charge in [-0.15, -0.1) is 11.3 Å². The van der Waals surface area contributed by atoms with E-state index in [0.29, 0.717) is 0 Å². The van der Waals surface area contributed by atoms with Gasteiger partial charge in [0.1, 0.15) is 5.01 Å². The van der Waals surface area contributed by atoms with Gasteiger partial charge in [-0.3, -0.25) is 4.79 Å². The van der Waals surface area contributed by atoms with Gasteiger partial charge in [-0.2, -0.15) is 0 Å². The molecule has 0 spiro atoms. The quantitative estimate of drug-likeness (QED) is 0.702. The maximum atomic E-state index is 10.7. The topological polar surface area (TPSA) is 30.0 Å². The summed E-state index contributed by atoms with van der Waals surface area (Å²) in [4.78, 5) is 15.1. The fraction of sp³-hybridized carbons (Fsp3) is 0.0909. The average Bonchev–Trinajstić information content (AvgIpc) is 2.57. The Balaban J connectivity index is 2.40. The van der Waals surface area contributed by atoms with Gasteiger partial charge in [0.2, 0.25) is 0 Å². The molecule has 0 saturated carbocycles. The molecular formula is C11H9NOS. The largest absolute Gasteiger partial charge is 0.295 e. The molecule has 14 heavy (non-hydrogen) atoms. The second-order valence-electron chi connectivity index (χ2n) is 2.96. The van der Waals surface area contributed by atoms with Crippen LogP contribution in [0, 0.1) is 0 Å². The zero-order valence-electron chi connectivity index (χ0n) is 7.73. The van der Waals surface area contributed by atoms with E-state index in [1.165, 1.54) is 13.0 Å². The van der Waals surface area contributed by atoms with Gasteiger partial charge in [0, 0.05) is 0 Å². The third-order valence-corrected chi connectivity index (χ3v) is 2.77. The summed E-state index contributed by atoms with van der Waals surface area (Å²) in [6.07, 6.45) is 3.30. The molecule has 0 fully saturated rings. The number of nitrogens with zero attached hydrogens (tertiary/aromatic N) is 1. The number of fused-ring (bicyclic) bond motifs is 1. The minimum atomic E-state index is 0.0456. The second kappa shape index (κ2) is 3.72. The molecular weight excluding hydrogens is 194 g/mol. The molecule has 0 bridgehead atoms.